The molecule has 2 aliphatic heterocycles. The number of hydrogen-bond donors (Lipinski definition) is 0. The lowest BCUT2D eigenvalue weighted by molar-refractivity contribution is -0.137. The summed E-state index contributed by atoms with van der Waals surface area (Å²) in [5, 5.41) is 0. The van der Waals surface area contributed by atoms with Gasteiger partial charge in [0.15, 0.2) is 9.84 Å². The monoisotopic (exact) mass is 394 g/mol. The molecule has 2 heterocycles. The number of rotatable bonds is 6. The number of benzene rings is 1. The minimum atomic E-state index is -3.14. The van der Waals surface area contributed by atoms with E-state index in [9.17, 15) is 13.2 Å². The zero-order chi connectivity index (χ0) is 19.6. The van der Waals surface area contributed by atoms with Crippen LogP contribution in [0.3, 0.4) is 0 Å². The largest absolute Gasteiger partial charge is 0.494 e. The van der Waals surface area contributed by atoms with Crippen LogP contribution in [0.25, 0.3) is 0 Å². The van der Waals surface area contributed by atoms with Gasteiger partial charge in [-0.3, -0.25) is 9.69 Å². The zero-order valence-electron chi connectivity index (χ0n) is 16.4. The number of carbonyl (C=O) groups is 1. The Hall–Kier alpha value is -1.60. The van der Waals surface area contributed by atoms with Crippen LogP contribution in [0.1, 0.15) is 32.8 Å². The third-order valence-corrected chi connectivity index (χ3v) is 7.04. The van der Waals surface area contributed by atoms with Crippen molar-refractivity contribution in [2.24, 2.45) is 5.92 Å². The second-order valence-electron chi connectivity index (χ2n) is 7.91. The molecule has 0 aliphatic carbocycles. The number of fused-ring (bicyclic) bond motifs is 1. The summed E-state index contributed by atoms with van der Waals surface area (Å²) in [5.74, 6) is 1.39. The third-order valence-electron chi connectivity index (χ3n) is 5.34. The lowest BCUT2D eigenvalue weighted by Crippen LogP contribution is -2.60. The molecule has 1 aromatic rings. The second kappa shape index (κ2) is 8.19. The fourth-order valence-corrected chi connectivity index (χ4v) is 6.16. The molecular formula is C20H30N2O4S. The molecule has 0 radical (unpaired) electrons. The summed E-state index contributed by atoms with van der Waals surface area (Å²) in [5.41, 5.74) is 1.06. The van der Waals surface area contributed by atoms with Crippen LogP contribution in [0.15, 0.2) is 24.3 Å². The van der Waals surface area contributed by atoms with Gasteiger partial charge in [-0.25, -0.2) is 8.42 Å². The number of hydrogen-bond acceptors (Lipinski definition) is 5. The highest BCUT2D eigenvalue weighted by molar-refractivity contribution is 7.91. The lowest BCUT2D eigenvalue weighted by Gasteiger charge is -2.44. The van der Waals surface area contributed by atoms with Gasteiger partial charge >= 0.3 is 0 Å². The predicted octanol–water partition coefficient (Wildman–Crippen LogP) is 1.94. The van der Waals surface area contributed by atoms with E-state index in [1.807, 2.05) is 49.9 Å². The number of carbonyl (C=O) groups excluding carboxylic acids is 1. The van der Waals surface area contributed by atoms with Crippen molar-refractivity contribution < 1.29 is 17.9 Å². The summed E-state index contributed by atoms with van der Waals surface area (Å²) in [6.45, 7) is 8.48. The minimum absolute atomic E-state index is 0.0745. The fourth-order valence-electron chi connectivity index (χ4n) is 4.15. The van der Waals surface area contributed by atoms with Crippen LogP contribution in [0.5, 0.6) is 5.75 Å². The van der Waals surface area contributed by atoms with Crippen molar-refractivity contribution in [3.63, 3.8) is 0 Å². The van der Waals surface area contributed by atoms with Crippen LogP contribution in [-0.4, -0.2) is 67.4 Å². The molecule has 2 fully saturated rings. The van der Waals surface area contributed by atoms with Crippen molar-refractivity contribution in [3.8, 4) is 5.75 Å². The fraction of sp³-hybridized carbons (Fsp3) is 0.650. The van der Waals surface area contributed by atoms with Gasteiger partial charge in [-0.15, -0.1) is 0 Å². The number of nitrogens with zero attached hydrogens (tertiary/aromatic N) is 2. The number of amides is 1. The smallest absolute Gasteiger partial charge is 0.223 e. The first-order chi connectivity index (χ1) is 12.8. The molecule has 7 heteroatoms. The molecule has 0 saturated carbocycles. The molecule has 2 aliphatic rings. The Labute approximate surface area is 162 Å². The molecule has 0 unspecified atom stereocenters. The number of sulfone groups is 1. The van der Waals surface area contributed by atoms with Gasteiger partial charge in [0, 0.05) is 37.7 Å². The van der Waals surface area contributed by atoms with Crippen molar-refractivity contribution in [2.45, 2.75) is 45.8 Å². The van der Waals surface area contributed by atoms with E-state index >= 15 is 0 Å². The molecule has 1 aromatic carbocycles. The molecule has 2 atom stereocenters. The van der Waals surface area contributed by atoms with Crippen LogP contribution in [0.4, 0.5) is 0 Å². The molecule has 6 nitrogen and oxygen atoms in total. The van der Waals surface area contributed by atoms with Crippen LogP contribution in [0, 0.1) is 5.92 Å². The molecule has 3 rings (SSSR count). The van der Waals surface area contributed by atoms with Crippen LogP contribution >= 0.6 is 0 Å². The van der Waals surface area contributed by atoms with Crippen molar-refractivity contribution >= 4 is 15.7 Å². The average Bonchev–Trinajstić information content (AvgIpc) is 2.91. The molecule has 27 heavy (non-hydrogen) atoms. The summed E-state index contributed by atoms with van der Waals surface area (Å²) in [6.07, 6.45) is 0.469. The average molecular weight is 395 g/mol. The normalized spacial score (nSPS) is 24.8. The van der Waals surface area contributed by atoms with Gasteiger partial charge in [0.2, 0.25) is 5.91 Å². The first-order valence-electron chi connectivity index (χ1n) is 9.75. The van der Waals surface area contributed by atoms with E-state index in [2.05, 4.69) is 4.90 Å². The third kappa shape index (κ3) is 4.63. The Bertz CT molecular complexity index is 778. The van der Waals surface area contributed by atoms with E-state index < -0.39 is 9.84 Å². The van der Waals surface area contributed by atoms with Gasteiger partial charge in [0.25, 0.3) is 0 Å². The standard InChI is InChI=1S/C20H30N2O4S/c1-4-26-19-8-6-5-7-16(19)12-21-9-10-22(20(23)11-15(2)3)18-14-27(24,25)13-17(18)21/h5-8,15,17-18H,4,9-14H2,1-3H3/t17-,18+/m0/s1. The predicted molar refractivity (Wildman–Crippen MR) is 105 cm³/mol. The van der Waals surface area contributed by atoms with Crippen molar-refractivity contribution in [3.05, 3.63) is 29.8 Å². The second-order valence-corrected chi connectivity index (χ2v) is 10.1. The SMILES string of the molecule is CCOc1ccccc1CN1CCN(C(=O)CC(C)C)[C@@H]2CS(=O)(=O)C[C@@H]21. The molecule has 150 valence electrons. The molecule has 0 bridgehead atoms. The first kappa shape index (κ1) is 20.1. The van der Waals surface area contributed by atoms with Crippen LogP contribution < -0.4 is 4.74 Å². The van der Waals surface area contributed by atoms with Gasteiger partial charge in [-0.2, -0.15) is 0 Å². The first-order valence-corrected chi connectivity index (χ1v) is 11.6. The summed E-state index contributed by atoms with van der Waals surface area (Å²) in [6, 6.07) is 7.51. The van der Waals surface area contributed by atoms with Crippen LogP contribution in [0.2, 0.25) is 0 Å². The highest BCUT2D eigenvalue weighted by Crippen LogP contribution is 2.30. The van der Waals surface area contributed by atoms with Crippen LogP contribution in [-0.2, 0) is 21.2 Å². The van der Waals surface area contributed by atoms with Gasteiger partial charge in [-0.1, -0.05) is 32.0 Å². The Morgan fingerprint density at radius 3 is 2.59 bits per heavy atom. The lowest BCUT2D eigenvalue weighted by atomic mass is 10.0. The van der Waals surface area contributed by atoms with E-state index in [0.29, 0.717) is 32.7 Å². The maximum absolute atomic E-state index is 12.7. The number of ether oxygens (including phenoxy) is 1. The van der Waals surface area contributed by atoms with Crippen molar-refractivity contribution in [1.82, 2.24) is 9.80 Å². The molecule has 0 spiro atoms. The Kier molecular flexibility index (Phi) is 6.11. The minimum Gasteiger partial charge on any atom is -0.494 e. The highest BCUT2D eigenvalue weighted by Gasteiger charge is 2.47. The van der Waals surface area contributed by atoms with E-state index in [-0.39, 0.29) is 35.4 Å². The van der Waals surface area contributed by atoms with Gasteiger partial charge in [-0.05, 0) is 18.9 Å². The Balaban J connectivity index is 1.81. The van der Waals surface area contributed by atoms with E-state index in [1.54, 1.807) is 0 Å². The molecule has 1 amide bonds. The van der Waals surface area contributed by atoms with Gasteiger partial charge in [0.1, 0.15) is 5.75 Å². The quantitative estimate of drug-likeness (QED) is 0.738. The zero-order valence-corrected chi connectivity index (χ0v) is 17.2. The van der Waals surface area contributed by atoms with Crippen molar-refractivity contribution in [1.29, 1.82) is 0 Å². The van der Waals surface area contributed by atoms with Crippen molar-refractivity contribution in [2.75, 3.05) is 31.2 Å². The number of piperazine rings is 1. The molecule has 0 aromatic heterocycles. The maximum Gasteiger partial charge on any atom is 0.223 e. The summed E-state index contributed by atoms with van der Waals surface area (Å²) >= 11 is 0. The summed E-state index contributed by atoms with van der Waals surface area (Å²) in [4.78, 5) is 16.7. The van der Waals surface area contributed by atoms with Gasteiger partial charge in [0.05, 0.1) is 24.2 Å². The number of para-hydroxylation sites is 1. The Morgan fingerprint density at radius 1 is 1.19 bits per heavy atom. The summed E-state index contributed by atoms with van der Waals surface area (Å²) < 4.78 is 30.5. The van der Waals surface area contributed by atoms with E-state index in [0.717, 1.165) is 11.3 Å². The maximum atomic E-state index is 12.7. The van der Waals surface area contributed by atoms with Gasteiger partial charge < -0.3 is 9.64 Å². The summed E-state index contributed by atoms with van der Waals surface area (Å²) in [7, 11) is -3.14. The molecular weight excluding hydrogens is 364 g/mol. The molecule has 2 saturated heterocycles. The van der Waals surface area contributed by atoms with E-state index in [4.69, 9.17) is 4.74 Å². The highest BCUT2D eigenvalue weighted by atomic mass is 32.2. The molecule has 0 N–H and O–H groups in total. The topological polar surface area (TPSA) is 66.9 Å². The Morgan fingerprint density at radius 2 is 1.89 bits per heavy atom. The van der Waals surface area contributed by atoms with E-state index in [1.165, 1.54) is 0 Å².